The van der Waals surface area contributed by atoms with Gasteiger partial charge in [0.15, 0.2) is 5.82 Å². The Morgan fingerprint density at radius 1 is 1.00 bits per heavy atom. The first-order valence-electron chi connectivity index (χ1n) is 20.4. The Bertz CT molecular complexity index is 1940. The highest BCUT2D eigenvalue weighted by Crippen LogP contribution is 2.40. The molecular weight excluding hydrogens is 743 g/mol. The number of benzene rings is 2. The molecule has 3 aliphatic rings. The van der Waals surface area contributed by atoms with Crippen molar-refractivity contribution in [1.82, 2.24) is 15.3 Å². The average molecular weight is 800 g/mol. The highest BCUT2D eigenvalue weighted by atomic mass is 16.6. The van der Waals surface area contributed by atoms with Crippen molar-refractivity contribution in [3.8, 4) is 5.75 Å². The van der Waals surface area contributed by atoms with Crippen LogP contribution in [0.15, 0.2) is 48.7 Å². The monoisotopic (exact) mass is 799 g/mol. The first kappa shape index (κ1) is 42.2. The van der Waals surface area contributed by atoms with Gasteiger partial charge in [-0.15, -0.1) is 0 Å². The highest BCUT2D eigenvalue weighted by Gasteiger charge is 2.41. The Kier molecular flexibility index (Phi) is 13.4. The van der Waals surface area contributed by atoms with Crippen molar-refractivity contribution in [3.05, 3.63) is 59.8 Å². The molecule has 0 radical (unpaired) electrons. The number of likely N-dealkylation sites (N-methyl/N-ethyl adjacent to an activating group) is 1. The number of aromatic nitrogens is 2. The molecule has 2 saturated carbocycles. The van der Waals surface area contributed by atoms with Gasteiger partial charge in [-0.3, -0.25) is 9.59 Å². The molecule has 4 N–H and O–H groups in total. The molecule has 1 aliphatic heterocycles. The number of alkyl carbamates (subject to hydrolysis) is 1. The molecule has 6 rings (SSSR count). The van der Waals surface area contributed by atoms with E-state index < -0.39 is 29.8 Å². The zero-order valence-electron chi connectivity index (χ0n) is 34.4. The Hall–Kier alpha value is -5.44. The third-order valence-corrected chi connectivity index (χ3v) is 10.9. The summed E-state index contributed by atoms with van der Waals surface area (Å²) in [7, 11) is 3.29. The summed E-state index contributed by atoms with van der Waals surface area (Å²) in [6.45, 7) is 7.21. The van der Waals surface area contributed by atoms with Crippen LogP contribution in [0.1, 0.15) is 108 Å². The molecule has 15 nitrogen and oxygen atoms in total. The summed E-state index contributed by atoms with van der Waals surface area (Å²) >= 11 is 0. The van der Waals surface area contributed by atoms with Gasteiger partial charge in [0, 0.05) is 30.8 Å². The number of nitrogens with one attached hydrogen (secondary N) is 3. The van der Waals surface area contributed by atoms with E-state index in [1.165, 1.54) is 7.11 Å². The minimum Gasteiger partial charge on any atom is -0.495 e. The highest BCUT2D eigenvalue weighted by molar-refractivity contribution is 6.05. The maximum Gasteiger partial charge on any atom is 0.408 e. The standard InChI is InChI=1S/C43H57N7O8/c1-7-34-39(53)49(5)35-25-44-41(48-37(35)50(34)29-12-8-9-13-29)46-32-21-18-27(23-36(32)56-6)38(52)45-28-19-16-26(17-20-28)22-30(51)24-33(47-42(55)58-43(2,3)4)40(54)57-31-14-10-11-15-31/h16-21,23,25,29-31,33-34,51H,7-15,22,24H2,1-6H3,(H,45,52)(H,47,55)(H,44,46,48)/t30?,33-,34+/m0/s1. The van der Waals surface area contributed by atoms with E-state index in [-0.39, 0.29) is 42.8 Å². The molecular formula is C43H57N7O8. The third kappa shape index (κ3) is 10.3. The van der Waals surface area contributed by atoms with E-state index >= 15 is 0 Å². The van der Waals surface area contributed by atoms with E-state index in [0.717, 1.165) is 62.7 Å². The smallest absolute Gasteiger partial charge is 0.408 e. The number of hydrogen-bond donors (Lipinski definition) is 4. The molecule has 3 amide bonds. The summed E-state index contributed by atoms with van der Waals surface area (Å²) in [5.74, 6) is 0.586. The zero-order valence-corrected chi connectivity index (χ0v) is 34.4. The molecule has 2 fully saturated rings. The van der Waals surface area contributed by atoms with E-state index in [2.05, 4.69) is 25.8 Å². The summed E-state index contributed by atoms with van der Waals surface area (Å²) < 4.78 is 16.7. The number of anilines is 5. The van der Waals surface area contributed by atoms with Crippen molar-refractivity contribution < 1.29 is 38.5 Å². The van der Waals surface area contributed by atoms with Gasteiger partial charge >= 0.3 is 12.1 Å². The second kappa shape index (κ2) is 18.4. The quantitative estimate of drug-likeness (QED) is 0.127. The van der Waals surface area contributed by atoms with Crippen molar-refractivity contribution in [3.63, 3.8) is 0 Å². The number of ether oxygens (including phenoxy) is 3. The first-order chi connectivity index (χ1) is 27.7. The minimum absolute atomic E-state index is 0.0468. The van der Waals surface area contributed by atoms with Crippen LogP contribution in [0.25, 0.3) is 0 Å². The van der Waals surface area contributed by atoms with Gasteiger partial charge < -0.3 is 45.1 Å². The zero-order chi connectivity index (χ0) is 41.6. The van der Waals surface area contributed by atoms with Crippen LogP contribution >= 0.6 is 0 Å². The van der Waals surface area contributed by atoms with E-state index in [9.17, 15) is 24.3 Å². The molecule has 15 heteroatoms. The second-order valence-corrected chi connectivity index (χ2v) is 16.4. The van der Waals surface area contributed by atoms with Crippen LogP contribution < -0.4 is 30.5 Å². The lowest BCUT2D eigenvalue weighted by molar-refractivity contribution is -0.152. The van der Waals surface area contributed by atoms with Crippen LogP contribution in [0.2, 0.25) is 0 Å². The number of esters is 1. The summed E-state index contributed by atoms with van der Waals surface area (Å²) in [5, 5.41) is 19.7. The number of aliphatic hydroxyl groups excluding tert-OH is 1. The number of carbonyl (C=O) groups is 4. The van der Waals surface area contributed by atoms with Gasteiger partial charge in [0.05, 0.1) is 25.1 Å². The van der Waals surface area contributed by atoms with E-state index in [0.29, 0.717) is 40.7 Å². The van der Waals surface area contributed by atoms with Crippen molar-refractivity contribution >= 4 is 52.7 Å². The van der Waals surface area contributed by atoms with E-state index in [1.807, 2.05) is 6.92 Å². The maximum atomic E-state index is 13.4. The largest absolute Gasteiger partial charge is 0.495 e. The molecule has 58 heavy (non-hydrogen) atoms. The summed E-state index contributed by atoms with van der Waals surface area (Å²) in [5.41, 5.74) is 2.15. The number of nitrogens with zero attached hydrogens (tertiary/aromatic N) is 4. The first-order valence-corrected chi connectivity index (χ1v) is 20.4. The molecule has 2 heterocycles. The van der Waals surface area contributed by atoms with Crippen LogP contribution in [0.5, 0.6) is 5.75 Å². The van der Waals surface area contributed by atoms with Gasteiger partial charge in [0.2, 0.25) is 11.9 Å². The Balaban J connectivity index is 1.08. The van der Waals surface area contributed by atoms with Gasteiger partial charge in [-0.1, -0.05) is 31.9 Å². The van der Waals surface area contributed by atoms with Gasteiger partial charge in [-0.2, -0.15) is 4.98 Å². The lowest BCUT2D eigenvalue weighted by atomic mass is 10.0. The molecule has 0 spiro atoms. The molecule has 2 aromatic carbocycles. The van der Waals surface area contributed by atoms with Gasteiger partial charge in [-0.25, -0.2) is 14.6 Å². The Labute approximate surface area is 340 Å². The number of methoxy groups -OCH3 is 1. The topological polar surface area (TPSA) is 185 Å². The van der Waals surface area contributed by atoms with Crippen molar-refractivity contribution in [2.75, 3.05) is 34.6 Å². The lowest BCUT2D eigenvalue weighted by Crippen LogP contribution is -2.55. The van der Waals surface area contributed by atoms with Gasteiger partial charge in [0.25, 0.3) is 5.91 Å². The van der Waals surface area contributed by atoms with Crippen LogP contribution in [0, 0.1) is 0 Å². The molecule has 0 bridgehead atoms. The maximum absolute atomic E-state index is 13.4. The number of hydrogen-bond acceptors (Lipinski definition) is 12. The fourth-order valence-electron chi connectivity index (χ4n) is 7.97. The molecule has 312 valence electrons. The molecule has 1 aromatic heterocycles. The van der Waals surface area contributed by atoms with Crippen LogP contribution in [-0.4, -0.2) is 89.0 Å². The lowest BCUT2D eigenvalue weighted by Gasteiger charge is -2.43. The van der Waals surface area contributed by atoms with Gasteiger partial charge in [-0.05, 0) is 108 Å². The van der Waals surface area contributed by atoms with Crippen molar-refractivity contribution in [2.45, 2.75) is 134 Å². The predicted octanol–water partition coefficient (Wildman–Crippen LogP) is 6.66. The fourth-order valence-corrected chi connectivity index (χ4v) is 7.97. The predicted molar refractivity (Wildman–Crippen MR) is 221 cm³/mol. The minimum atomic E-state index is -1.08. The fraction of sp³-hybridized carbons (Fsp3) is 0.535. The van der Waals surface area contributed by atoms with Crippen LogP contribution in [0.3, 0.4) is 0 Å². The molecule has 0 saturated heterocycles. The molecule has 3 aromatic rings. The van der Waals surface area contributed by atoms with Crippen molar-refractivity contribution in [1.29, 1.82) is 0 Å². The summed E-state index contributed by atoms with van der Waals surface area (Å²) in [6.07, 6.45) is 8.34. The number of fused-ring (bicyclic) bond motifs is 1. The number of carbonyl (C=O) groups excluding carboxylic acids is 4. The number of amides is 3. The second-order valence-electron chi connectivity index (χ2n) is 16.4. The third-order valence-electron chi connectivity index (χ3n) is 10.9. The molecule has 3 atom stereocenters. The van der Waals surface area contributed by atoms with E-state index in [1.54, 1.807) is 81.4 Å². The SMILES string of the molecule is CC[C@@H]1C(=O)N(C)c2cnc(Nc3ccc(C(=O)Nc4ccc(CC(O)C[C@H](NC(=O)OC(C)(C)C)C(=O)OC5CCCC5)cc4)cc3OC)nc2N1C1CCCC1. The molecule has 1 unspecified atom stereocenters. The van der Waals surface area contributed by atoms with Crippen LogP contribution in [0.4, 0.5) is 33.6 Å². The molecule has 2 aliphatic carbocycles. The van der Waals surface area contributed by atoms with Crippen molar-refractivity contribution in [2.24, 2.45) is 0 Å². The normalized spacial score (nSPS) is 18.3. The van der Waals surface area contributed by atoms with E-state index in [4.69, 9.17) is 19.2 Å². The summed E-state index contributed by atoms with van der Waals surface area (Å²) in [6, 6.07) is 10.9. The average Bonchev–Trinajstić information content (AvgIpc) is 3.91. The van der Waals surface area contributed by atoms with Gasteiger partial charge in [0.1, 0.15) is 35.2 Å². The Morgan fingerprint density at radius 3 is 2.34 bits per heavy atom. The number of aliphatic hydroxyl groups is 1. The Morgan fingerprint density at radius 2 is 1.69 bits per heavy atom. The number of rotatable bonds is 14. The summed E-state index contributed by atoms with van der Waals surface area (Å²) in [4.78, 5) is 65.5. The van der Waals surface area contributed by atoms with Crippen LogP contribution in [-0.2, 0) is 25.5 Å².